The Morgan fingerprint density at radius 2 is 1.79 bits per heavy atom. The number of nitrogens with one attached hydrogen (secondary N) is 1. The number of halogens is 1. The molecule has 3 aromatic heterocycles. The van der Waals surface area contributed by atoms with E-state index in [-0.39, 0.29) is 31.1 Å². The molecule has 1 aliphatic carbocycles. The largest absolute Gasteiger partial charge is 0.489 e. The van der Waals surface area contributed by atoms with Gasteiger partial charge in [-0.2, -0.15) is 10.2 Å². The van der Waals surface area contributed by atoms with Crippen LogP contribution >= 0.6 is 11.3 Å². The first-order chi connectivity index (χ1) is 23.3. The average molecular weight is 675 g/mol. The third-order valence-electron chi connectivity index (χ3n) is 9.05. The van der Waals surface area contributed by atoms with Crippen LogP contribution in [-0.4, -0.2) is 53.9 Å². The van der Waals surface area contributed by atoms with Crippen LogP contribution in [0.3, 0.4) is 0 Å². The number of benzene rings is 2. The molecule has 2 aliphatic rings. The lowest BCUT2D eigenvalue weighted by Crippen LogP contribution is -2.44. The Labute approximate surface area is 278 Å². The van der Waals surface area contributed by atoms with Crippen molar-refractivity contribution in [2.45, 2.75) is 76.5 Å². The predicted molar refractivity (Wildman–Crippen MR) is 176 cm³/mol. The number of fused-ring (bicyclic) bond motifs is 1. The van der Waals surface area contributed by atoms with Crippen LogP contribution in [0.25, 0.3) is 15.2 Å². The van der Waals surface area contributed by atoms with Gasteiger partial charge < -0.3 is 19.9 Å². The molecular weight excluding hydrogens is 639 g/mol. The minimum Gasteiger partial charge on any atom is -0.489 e. The highest BCUT2D eigenvalue weighted by atomic mass is 32.1. The van der Waals surface area contributed by atoms with Gasteiger partial charge in [-0.1, -0.05) is 41.7 Å². The molecule has 2 atom stereocenters. The van der Waals surface area contributed by atoms with Crippen molar-refractivity contribution in [1.29, 1.82) is 0 Å². The minimum atomic E-state index is -0.982. The van der Waals surface area contributed by atoms with E-state index in [1.165, 1.54) is 45.2 Å². The van der Waals surface area contributed by atoms with Crippen molar-refractivity contribution in [3.05, 3.63) is 104 Å². The van der Waals surface area contributed by atoms with E-state index in [1.807, 2.05) is 30.3 Å². The molecule has 0 unspecified atom stereocenters. The summed E-state index contributed by atoms with van der Waals surface area (Å²) < 4.78 is 30.4. The molecule has 0 radical (unpaired) electrons. The molecule has 2 fully saturated rings. The number of hydrogen-bond acceptors (Lipinski definition) is 9. The van der Waals surface area contributed by atoms with Crippen LogP contribution in [0.15, 0.2) is 70.5 Å². The molecule has 1 saturated heterocycles. The summed E-state index contributed by atoms with van der Waals surface area (Å²) >= 11 is 1.18. The van der Waals surface area contributed by atoms with Crippen LogP contribution in [0, 0.1) is 12.7 Å². The van der Waals surface area contributed by atoms with Gasteiger partial charge >= 0.3 is 5.69 Å². The third kappa shape index (κ3) is 6.18. The number of aryl methyl sites for hydroxylation is 1. The molecule has 12 nitrogen and oxygen atoms in total. The summed E-state index contributed by atoms with van der Waals surface area (Å²) in [6.07, 6.45) is 3.96. The monoisotopic (exact) mass is 674 g/mol. The highest BCUT2D eigenvalue weighted by molar-refractivity contribution is 7.21. The number of aliphatic hydroxyl groups excluding tert-OH is 1. The number of amides is 1. The first kappa shape index (κ1) is 31.9. The van der Waals surface area contributed by atoms with Gasteiger partial charge in [-0.3, -0.25) is 14.2 Å². The van der Waals surface area contributed by atoms with E-state index in [0.717, 1.165) is 10.1 Å². The van der Waals surface area contributed by atoms with Gasteiger partial charge in [0.05, 0.1) is 36.5 Å². The number of ether oxygens (including phenoxy) is 2. The van der Waals surface area contributed by atoms with Crippen LogP contribution < -0.4 is 21.3 Å². The Hall–Kier alpha value is -4.66. The fourth-order valence-electron chi connectivity index (χ4n) is 6.56. The molecule has 2 N–H and O–H groups in total. The molecule has 7 rings (SSSR count). The molecule has 14 heteroatoms. The van der Waals surface area contributed by atoms with Gasteiger partial charge in [0.2, 0.25) is 5.91 Å². The van der Waals surface area contributed by atoms with E-state index in [9.17, 15) is 19.5 Å². The second-order valence-electron chi connectivity index (χ2n) is 12.2. The number of hydrogen-bond donors (Lipinski definition) is 2. The predicted octanol–water partition coefficient (Wildman–Crippen LogP) is 3.95. The Kier molecular flexibility index (Phi) is 8.94. The van der Waals surface area contributed by atoms with Crippen molar-refractivity contribution in [3.63, 3.8) is 0 Å². The van der Waals surface area contributed by atoms with Crippen molar-refractivity contribution in [2.75, 3.05) is 6.54 Å². The van der Waals surface area contributed by atoms with Gasteiger partial charge in [0.1, 0.15) is 40.2 Å². The minimum absolute atomic E-state index is 0.111. The van der Waals surface area contributed by atoms with Crippen LogP contribution in [0.5, 0.6) is 5.75 Å². The number of carbonyl (C=O) groups excluding carboxylic acids is 1. The maximum Gasteiger partial charge on any atom is 0.332 e. The van der Waals surface area contributed by atoms with E-state index < -0.39 is 41.2 Å². The molecule has 5 aromatic rings. The first-order valence-corrected chi connectivity index (χ1v) is 16.8. The zero-order chi connectivity index (χ0) is 33.4. The SMILES string of the molecule is Cc1c(-n2nccn2)sc2c1c(=O)n([C@@H]1CCNC1=O)c(=O)n2C[C@H](O[C@H]1CC[C@@H](O)CC1)c1cc(F)ccc1OCc1ccccc1. The molecule has 1 saturated carbocycles. The summed E-state index contributed by atoms with van der Waals surface area (Å²) in [5, 5.41) is 22.2. The highest BCUT2D eigenvalue weighted by Crippen LogP contribution is 2.37. The molecule has 1 aliphatic heterocycles. The van der Waals surface area contributed by atoms with E-state index >= 15 is 4.39 Å². The number of aliphatic hydroxyl groups is 1. The molecule has 48 heavy (non-hydrogen) atoms. The summed E-state index contributed by atoms with van der Waals surface area (Å²) in [5.41, 5.74) is 0.632. The Morgan fingerprint density at radius 1 is 1.04 bits per heavy atom. The van der Waals surface area contributed by atoms with Crippen LogP contribution in [-0.2, 0) is 22.7 Å². The quantitative estimate of drug-likeness (QED) is 0.227. The zero-order valence-electron chi connectivity index (χ0n) is 26.3. The van der Waals surface area contributed by atoms with Crippen LogP contribution in [0.2, 0.25) is 0 Å². The Bertz CT molecular complexity index is 2050. The Balaban J connectivity index is 1.38. The number of thiophene rings is 1. The van der Waals surface area contributed by atoms with Gasteiger partial charge in [0, 0.05) is 17.7 Å². The van der Waals surface area contributed by atoms with Gasteiger partial charge in [0.15, 0.2) is 0 Å². The Morgan fingerprint density at radius 3 is 2.50 bits per heavy atom. The summed E-state index contributed by atoms with van der Waals surface area (Å²) in [6, 6.07) is 12.8. The van der Waals surface area contributed by atoms with Crippen molar-refractivity contribution < 1.29 is 23.8 Å². The lowest BCUT2D eigenvalue weighted by molar-refractivity contribution is -0.122. The summed E-state index contributed by atoms with van der Waals surface area (Å²) in [4.78, 5) is 43.1. The van der Waals surface area contributed by atoms with E-state index in [0.29, 0.717) is 58.9 Å². The lowest BCUT2D eigenvalue weighted by Gasteiger charge is -2.31. The molecule has 250 valence electrons. The first-order valence-electron chi connectivity index (χ1n) is 16.0. The molecule has 4 heterocycles. The molecule has 0 spiro atoms. The molecule has 0 bridgehead atoms. The number of rotatable bonds is 10. The third-order valence-corrected chi connectivity index (χ3v) is 10.3. The topological polar surface area (TPSA) is 142 Å². The van der Waals surface area contributed by atoms with E-state index in [4.69, 9.17) is 9.47 Å². The zero-order valence-corrected chi connectivity index (χ0v) is 27.1. The fraction of sp³-hybridized carbons (Fsp3) is 0.382. The van der Waals surface area contributed by atoms with Crippen molar-refractivity contribution in [3.8, 4) is 10.8 Å². The lowest BCUT2D eigenvalue weighted by atomic mass is 9.94. The summed E-state index contributed by atoms with van der Waals surface area (Å²) in [7, 11) is 0. The van der Waals surface area contributed by atoms with Gasteiger partial charge in [-0.05, 0) is 62.8 Å². The maximum atomic E-state index is 15.0. The van der Waals surface area contributed by atoms with Crippen molar-refractivity contribution in [2.24, 2.45) is 0 Å². The smallest absolute Gasteiger partial charge is 0.332 e. The molecule has 1 amide bonds. The maximum absolute atomic E-state index is 15.0. The fourth-order valence-corrected chi connectivity index (χ4v) is 7.78. The molecule has 2 aromatic carbocycles. The van der Waals surface area contributed by atoms with Crippen molar-refractivity contribution in [1.82, 2.24) is 29.4 Å². The average Bonchev–Trinajstić information content (AvgIpc) is 3.84. The number of nitrogens with zero attached hydrogens (tertiary/aromatic N) is 5. The van der Waals surface area contributed by atoms with Crippen LogP contribution in [0.1, 0.15) is 60.9 Å². The second kappa shape index (κ2) is 13.5. The summed E-state index contributed by atoms with van der Waals surface area (Å²) in [6.45, 7) is 2.21. The standard InChI is InChI=1S/C34H35FN6O6S/c1-20-29-31(44)40(26-13-14-36-30(26)43)34(45)39(33(29)48-32(20)41-37-15-16-38-41)18-28(47-24-10-8-23(42)9-11-24)25-17-22(35)7-12-27(25)46-19-21-5-3-2-4-6-21/h2-7,12,15-17,23-24,26,28,42H,8-11,13-14,18-19H2,1H3,(H,36,43)/t23-,24+,26-,28+/m1/s1. The second-order valence-corrected chi connectivity index (χ2v) is 13.2. The van der Waals surface area contributed by atoms with E-state index in [1.54, 1.807) is 13.0 Å². The van der Waals surface area contributed by atoms with Gasteiger partial charge in [-0.25, -0.2) is 13.8 Å². The molecular formula is C34H35FN6O6S. The van der Waals surface area contributed by atoms with Gasteiger partial charge in [-0.15, -0.1) is 4.80 Å². The van der Waals surface area contributed by atoms with Crippen molar-refractivity contribution >= 4 is 27.5 Å². The summed E-state index contributed by atoms with van der Waals surface area (Å²) in [5.74, 6) is -0.524. The van der Waals surface area contributed by atoms with Gasteiger partial charge in [0.25, 0.3) is 5.56 Å². The number of carbonyl (C=O) groups is 1. The normalized spacial score (nSPS) is 20.2. The van der Waals surface area contributed by atoms with Crippen LogP contribution in [0.4, 0.5) is 4.39 Å². The van der Waals surface area contributed by atoms with E-state index in [2.05, 4.69) is 15.5 Å². The highest BCUT2D eigenvalue weighted by Gasteiger charge is 2.34. The number of aromatic nitrogens is 5.